The molecule has 0 radical (unpaired) electrons. The molecule has 4 rings (SSSR count). The topological polar surface area (TPSA) is 118 Å². The third-order valence-electron chi connectivity index (χ3n) is 8.80. The Morgan fingerprint density at radius 2 is 1.77 bits per heavy atom. The number of rotatable bonds is 10. The predicted molar refractivity (Wildman–Crippen MR) is 157 cm³/mol. The average Bonchev–Trinajstić information content (AvgIpc) is 3.18. The molecule has 2 fully saturated rings. The molecule has 0 saturated heterocycles. The van der Waals surface area contributed by atoms with E-state index in [0.717, 1.165) is 30.8 Å². The van der Waals surface area contributed by atoms with Crippen molar-refractivity contribution >= 4 is 33.5 Å². The first-order valence-corrected chi connectivity index (χ1v) is 16.2. The van der Waals surface area contributed by atoms with Gasteiger partial charge in [0.2, 0.25) is 10.0 Å². The van der Waals surface area contributed by atoms with Gasteiger partial charge in [-0.2, -0.15) is 0 Å². The van der Waals surface area contributed by atoms with Gasteiger partial charge in [-0.25, -0.2) is 13.1 Å². The molecule has 2 aliphatic carbocycles. The van der Waals surface area contributed by atoms with Gasteiger partial charge in [-0.05, 0) is 83.4 Å². The third kappa shape index (κ3) is 6.42. The number of carboxylic acid groups (broad SMARTS) is 1. The van der Waals surface area contributed by atoms with Gasteiger partial charge in [-0.3, -0.25) is 9.59 Å². The fourth-order valence-electron chi connectivity index (χ4n) is 5.81. The van der Waals surface area contributed by atoms with Gasteiger partial charge in [0.05, 0.1) is 27.1 Å². The van der Waals surface area contributed by atoms with Gasteiger partial charge in [-0.1, -0.05) is 43.9 Å². The minimum atomic E-state index is -3.80. The molecule has 0 unspecified atom stereocenters. The van der Waals surface area contributed by atoms with Crippen molar-refractivity contribution in [2.75, 3.05) is 0 Å². The normalized spacial score (nSPS) is 20.2. The van der Waals surface area contributed by atoms with E-state index in [9.17, 15) is 23.1 Å². The first-order chi connectivity index (χ1) is 18.7. The van der Waals surface area contributed by atoms with Crippen LogP contribution >= 0.6 is 11.6 Å². The van der Waals surface area contributed by atoms with E-state index in [4.69, 9.17) is 11.6 Å². The SMILES string of the molecule is CCC(C)(C)NS(=O)(=O)c1ccc(-c2cc(C(=O)NC3CC(C(=O)O)C3)c(C)n2CC2CCCCC2)c(Cl)c1C. The number of sulfonamides is 1. The van der Waals surface area contributed by atoms with Gasteiger partial charge >= 0.3 is 5.97 Å². The molecular weight excluding hydrogens is 550 g/mol. The smallest absolute Gasteiger partial charge is 0.306 e. The maximum Gasteiger partial charge on any atom is 0.306 e. The predicted octanol–water partition coefficient (Wildman–Crippen LogP) is 6.07. The first kappa shape index (κ1) is 30.6. The lowest BCUT2D eigenvalue weighted by atomic mass is 9.80. The highest BCUT2D eigenvalue weighted by molar-refractivity contribution is 7.89. The molecule has 0 aliphatic heterocycles. The zero-order valence-electron chi connectivity index (χ0n) is 24.1. The third-order valence-corrected chi connectivity index (χ3v) is 11.1. The van der Waals surface area contributed by atoms with E-state index in [1.807, 2.05) is 33.8 Å². The number of hydrogen-bond donors (Lipinski definition) is 3. The van der Waals surface area contributed by atoms with E-state index < -0.39 is 27.4 Å². The summed E-state index contributed by atoms with van der Waals surface area (Å²) in [4.78, 5) is 24.7. The summed E-state index contributed by atoms with van der Waals surface area (Å²) < 4.78 is 31.4. The van der Waals surface area contributed by atoms with Crippen LogP contribution in [0.5, 0.6) is 0 Å². The van der Waals surface area contributed by atoms with Gasteiger partial charge in [0.25, 0.3) is 5.91 Å². The van der Waals surface area contributed by atoms with E-state index in [1.54, 1.807) is 19.1 Å². The number of carbonyl (C=O) groups excluding carboxylic acids is 1. The fourth-order valence-corrected chi connectivity index (χ4v) is 7.86. The van der Waals surface area contributed by atoms with Crippen molar-refractivity contribution in [3.8, 4) is 11.3 Å². The number of benzene rings is 1. The second-order valence-electron chi connectivity index (χ2n) is 12.2. The Kier molecular flexibility index (Phi) is 9.07. The number of hydrogen-bond acceptors (Lipinski definition) is 4. The van der Waals surface area contributed by atoms with Gasteiger partial charge in [-0.15, -0.1) is 0 Å². The van der Waals surface area contributed by atoms with Gasteiger partial charge in [0.15, 0.2) is 0 Å². The van der Waals surface area contributed by atoms with Crippen molar-refractivity contribution in [2.24, 2.45) is 11.8 Å². The summed E-state index contributed by atoms with van der Waals surface area (Å²) in [6, 6.07) is 5.01. The highest BCUT2D eigenvalue weighted by Gasteiger charge is 2.36. The van der Waals surface area contributed by atoms with Crippen LogP contribution in [0.25, 0.3) is 11.3 Å². The molecule has 3 N–H and O–H groups in total. The second kappa shape index (κ2) is 11.9. The van der Waals surface area contributed by atoms with Crippen LogP contribution < -0.4 is 10.0 Å². The van der Waals surface area contributed by atoms with Gasteiger partial charge < -0.3 is 15.0 Å². The lowest BCUT2D eigenvalue weighted by Gasteiger charge is -2.32. The molecule has 2 saturated carbocycles. The average molecular weight is 592 g/mol. The molecule has 0 spiro atoms. The van der Waals surface area contributed by atoms with Crippen molar-refractivity contribution < 1.29 is 23.1 Å². The second-order valence-corrected chi connectivity index (χ2v) is 14.2. The Morgan fingerprint density at radius 3 is 2.38 bits per heavy atom. The Bertz CT molecular complexity index is 1390. The molecule has 8 nitrogen and oxygen atoms in total. The van der Waals surface area contributed by atoms with Crippen LogP contribution in [0.4, 0.5) is 0 Å². The minimum Gasteiger partial charge on any atom is -0.481 e. The van der Waals surface area contributed by atoms with E-state index in [-0.39, 0.29) is 16.8 Å². The summed E-state index contributed by atoms with van der Waals surface area (Å²) >= 11 is 6.90. The molecule has 1 aromatic heterocycles. The molecular formula is C30H42ClN3O5S. The maximum atomic E-state index is 13.3. The lowest BCUT2D eigenvalue weighted by Crippen LogP contribution is -2.46. The van der Waals surface area contributed by atoms with E-state index >= 15 is 0 Å². The Morgan fingerprint density at radius 1 is 1.12 bits per heavy atom. The molecule has 220 valence electrons. The van der Waals surface area contributed by atoms with Crippen molar-refractivity contribution in [1.82, 2.24) is 14.6 Å². The highest BCUT2D eigenvalue weighted by Crippen LogP contribution is 2.38. The van der Waals surface area contributed by atoms with Crippen LogP contribution in [0.1, 0.15) is 93.8 Å². The van der Waals surface area contributed by atoms with Gasteiger partial charge in [0.1, 0.15) is 0 Å². The quantitative estimate of drug-likeness (QED) is 0.310. The van der Waals surface area contributed by atoms with Crippen molar-refractivity contribution in [1.29, 1.82) is 0 Å². The standard InChI is InChI=1S/C30H42ClN3O5S/c1-6-30(4,5)33-40(38,39)26-13-12-23(27(31)18(26)2)25-16-24(28(35)32-22-14-21(15-22)29(36)37)19(3)34(25)17-20-10-8-7-9-11-20/h12-13,16,20-22,33H,6-11,14-15,17H2,1-5H3,(H,32,35)(H,36,37). The summed E-state index contributed by atoms with van der Waals surface area (Å²) in [7, 11) is -3.80. The van der Waals surface area contributed by atoms with Gasteiger partial charge in [0, 0.05) is 29.4 Å². The number of nitrogens with zero attached hydrogens (tertiary/aromatic N) is 1. The molecule has 2 aliphatic rings. The Hall–Kier alpha value is -2.36. The number of carbonyl (C=O) groups is 2. The molecule has 2 aromatic rings. The van der Waals surface area contributed by atoms with E-state index in [1.165, 1.54) is 19.3 Å². The van der Waals surface area contributed by atoms with Crippen molar-refractivity contribution in [2.45, 2.75) is 109 Å². The summed E-state index contributed by atoms with van der Waals surface area (Å²) in [6.45, 7) is 10.0. The Labute approximate surface area is 242 Å². The number of nitrogens with one attached hydrogen (secondary N) is 2. The number of aromatic nitrogens is 1. The zero-order chi connectivity index (χ0) is 29.4. The maximum absolute atomic E-state index is 13.3. The van der Waals surface area contributed by atoms with Crippen LogP contribution in [0.15, 0.2) is 23.1 Å². The van der Waals surface area contributed by atoms with Crippen LogP contribution in [0.3, 0.4) is 0 Å². The summed E-state index contributed by atoms with van der Waals surface area (Å²) in [6.07, 6.45) is 7.36. The summed E-state index contributed by atoms with van der Waals surface area (Å²) in [5.74, 6) is -0.983. The number of aliphatic carboxylic acids is 1. The van der Waals surface area contributed by atoms with Crippen LogP contribution in [-0.4, -0.2) is 41.5 Å². The molecule has 40 heavy (non-hydrogen) atoms. The number of halogens is 1. The molecule has 0 atom stereocenters. The van der Waals surface area contributed by atoms with Crippen molar-refractivity contribution in [3.63, 3.8) is 0 Å². The molecule has 1 aromatic carbocycles. The van der Waals surface area contributed by atoms with Crippen molar-refractivity contribution in [3.05, 3.63) is 40.0 Å². The number of carboxylic acids is 1. The van der Waals surface area contributed by atoms with E-state index in [0.29, 0.717) is 46.9 Å². The Balaban J connectivity index is 1.71. The fraction of sp³-hybridized carbons (Fsp3) is 0.600. The van der Waals surface area contributed by atoms with Crippen LogP contribution in [-0.2, 0) is 21.4 Å². The summed E-state index contributed by atoms with van der Waals surface area (Å²) in [5.41, 5.74) is 2.67. The van der Waals surface area contributed by atoms with E-state index in [2.05, 4.69) is 14.6 Å². The molecule has 1 amide bonds. The molecule has 1 heterocycles. The molecule has 10 heteroatoms. The molecule has 0 bridgehead atoms. The van der Waals surface area contributed by atoms with Crippen LogP contribution in [0.2, 0.25) is 5.02 Å². The highest BCUT2D eigenvalue weighted by atomic mass is 35.5. The van der Waals surface area contributed by atoms with Crippen LogP contribution in [0, 0.1) is 25.7 Å². The monoisotopic (exact) mass is 591 g/mol. The zero-order valence-corrected chi connectivity index (χ0v) is 25.7. The largest absolute Gasteiger partial charge is 0.481 e. The minimum absolute atomic E-state index is 0.140. The first-order valence-electron chi connectivity index (χ1n) is 14.3. The lowest BCUT2D eigenvalue weighted by molar-refractivity contribution is -0.145. The number of amides is 1. The summed E-state index contributed by atoms with van der Waals surface area (Å²) in [5, 5.41) is 12.5.